The van der Waals surface area contributed by atoms with Crippen LogP contribution in [0.3, 0.4) is 0 Å². The van der Waals surface area contributed by atoms with Gasteiger partial charge >= 0.3 is 0 Å². The minimum Gasteiger partial charge on any atom is -0.381 e. The van der Waals surface area contributed by atoms with E-state index in [1.165, 1.54) is 0 Å². The van der Waals surface area contributed by atoms with Crippen LogP contribution in [0, 0.1) is 19.8 Å². The highest BCUT2D eigenvalue weighted by atomic mass is 32.2. The van der Waals surface area contributed by atoms with E-state index in [1.807, 2.05) is 43.9 Å². The van der Waals surface area contributed by atoms with Gasteiger partial charge in [0.25, 0.3) is 10.0 Å². The topological polar surface area (TPSA) is 88.1 Å². The fraction of sp³-hybridized carbons (Fsp3) is 0.545. The maximum absolute atomic E-state index is 12.8. The van der Waals surface area contributed by atoms with Crippen molar-refractivity contribution >= 4 is 26.7 Å². The molecule has 3 heterocycles. The molecule has 3 aliphatic rings. The normalized spacial score (nSPS) is 24.3. The summed E-state index contributed by atoms with van der Waals surface area (Å²) < 4.78 is 35.1. The number of carbonyl (C=O) groups is 1. The first-order chi connectivity index (χ1) is 14.3. The molecule has 8 heteroatoms. The fourth-order valence-electron chi connectivity index (χ4n) is 4.36. The lowest BCUT2D eigenvalue weighted by molar-refractivity contribution is -0.125. The van der Waals surface area contributed by atoms with Crippen LogP contribution in [0.25, 0.3) is 4.91 Å². The van der Waals surface area contributed by atoms with Gasteiger partial charge in [0.15, 0.2) is 0 Å². The first-order valence-corrected chi connectivity index (χ1v) is 12.0. The molecule has 0 radical (unpaired) electrons. The van der Waals surface area contributed by atoms with Crippen LogP contribution < -0.4 is 5.32 Å². The standard InChI is InChI=1S/C22H29N3O4S/c1-14-4-5-17(12-15(14)2)20-16(3)21(24-30(20,27)28)25-9-6-19(7-10-25)23-22(26)18-8-11-29-13-18/h4-5,12,18-19H,6-11,13H2,1-3H3,(H,23,26). The Bertz CT molecular complexity index is 1010. The third-order valence-corrected chi connectivity index (χ3v) is 7.82. The van der Waals surface area contributed by atoms with Crippen LogP contribution >= 0.6 is 0 Å². The van der Waals surface area contributed by atoms with Gasteiger partial charge in [0, 0.05) is 31.3 Å². The average Bonchev–Trinajstić information content (AvgIpc) is 3.31. The second kappa shape index (κ2) is 8.15. The second-order valence-electron chi connectivity index (χ2n) is 8.47. The van der Waals surface area contributed by atoms with E-state index in [2.05, 4.69) is 9.71 Å². The molecule has 0 aliphatic carbocycles. The van der Waals surface area contributed by atoms with Crippen molar-refractivity contribution in [2.75, 3.05) is 26.3 Å². The van der Waals surface area contributed by atoms with Gasteiger partial charge in [-0.15, -0.1) is 4.40 Å². The molecule has 162 valence electrons. The number of hydrogen-bond acceptors (Lipinski definition) is 5. The highest BCUT2D eigenvalue weighted by Gasteiger charge is 2.35. The second-order valence-corrected chi connectivity index (χ2v) is 10.0. The molecule has 7 nitrogen and oxygen atoms in total. The number of piperidine rings is 1. The molecule has 1 amide bonds. The first-order valence-electron chi connectivity index (χ1n) is 10.5. The lowest BCUT2D eigenvalue weighted by Crippen LogP contribution is -2.48. The zero-order valence-electron chi connectivity index (χ0n) is 17.8. The van der Waals surface area contributed by atoms with Gasteiger partial charge in [-0.05, 0) is 56.7 Å². The molecule has 2 fully saturated rings. The number of amides is 1. The minimum atomic E-state index is -3.72. The van der Waals surface area contributed by atoms with Crippen LogP contribution in [0.5, 0.6) is 0 Å². The molecule has 0 bridgehead atoms. The summed E-state index contributed by atoms with van der Waals surface area (Å²) in [5.74, 6) is 0.565. The van der Waals surface area contributed by atoms with Crippen LogP contribution in [0.2, 0.25) is 0 Å². The summed E-state index contributed by atoms with van der Waals surface area (Å²) in [5, 5.41) is 3.13. The van der Waals surface area contributed by atoms with Crippen LogP contribution in [0.15, 0.2) is 28.2 Å². The number of ether oxygens (including phenoxy) is 1. The summed E-state index contributed by atoms with van der Waals surface area (Å²) in [5.41, 5.74) is 3.57. The van der Waals surface area contributed by atoms with E-state index in [0.29, 0.717) is 48.2 Å². The number of sulfonamides is 1. The maximum atomic E-state index is 12.8. The van der Waals surface area contributed by atoms with Crippen LogP contribution in [0.4, 0.5) is 0 Å². The Morgan fingerprint density at radius 1 is 1.13 bits per heavy atom. The smallest absolute Gasteiger partial charge is 0.285 e. The highest BCUT2D eigenvalue weighted by molar-refractivity contribution is 8.00. The van der Waals surface area contributed by atoms with Crippen molar-refractivity contribution in [3.63, 3.8) is 0 Å². The van der Waals surface area contributed by atoms with Gasteiger partial charge in [0.05, 0.1) is 12.5 Å². The summed E-state index contributed by atoms with van der Waals surface area (Å²) >= 11 is 0. The number of amidine groups is 1. The number of rotatable bonds is 3. The molecule has 1 aromatic carbocycles. The molecule has 1 aromatic rings. The minimum absolute atomic E-state index is 0.0434. The van der Waals surface area contributed by atoms with Crippen molar-refractivity contribution in [3.8, 4) is 0 Å². The third-order valence-electron chi connectivity index (χ3n) is 6.35. The van der Waals surface area contributed by atoms with Crippen LogP contribution in [0.1, 0.15) is 42.9 Å². The Hall–Kier alpha value is -2.19. The molecule has 30 heavy (non-hydrogen) atoms. The molecule has 3 aliphatic heterocycles. The fourth-order valence-corrected chi connectivity index (χ4v) is 5.84. The Labute approximate surface area is 178 Å². The first kappa shape index (κ1) is 21.1. The predicted octanol–water partition coefficient (Wildman–Crippen LogP) is 2.39. The van der Waals surface area contributed by atoms with E-state index in [-0.39, 0.29) is 17.9 Å². The van der Waals surface area contributed by atoms with Crippen molar-refractivity contribution in [2.45, 2.75) is 46.1 Å². The third kappa shape index (κ3) is 4.03. The zero-order valence-corrected chi connectivity index (χ0v) is 18.6. The van der Waals surface area contributed by atoms with E-state index >= 15 is 0 Å². The van der Waals surface area contributed by atoms with E-state index in [0.717, 1.165) is 30.4 Å². The van der Waals surface area contributed by atoms with Crippen LogP contribution in [-0.4, -0.2) is 57.4 Å². The number of benzene rings is 1. The van der Waals surface area contributed by atoms with Gasteiger partial charge in [0.2, 0.25) is 5.91 Å². The van der Waals surface area contributed by atoms with Crippen LogP contribution in [-0.2, 0) is 19.6 Å². The summed E-state index contributed by atoms with van der Waals surface area (Å²) in [6.45, 7) is 8.31. The molecular weight excluding hydrogens is 402 g/mol. The number of carbonyl (C=O) groups excluding carboxylic acids is 1. The van der Waals surface area contributed by atoms with Crippen molar-refractivity contribution in [1.29, 1.82) is 0 Å². The van der Waals surface area contributed by atoms with E-state index in [4.69, 9.17) is 4.74 Å². The largest absolute Gasteiger partial charge is 0.381 e. The van der Waals surface area contributed by atoms with Crippen molar-refractivity contribution < 1.29 is 17.9 Å². The summed E-state index contributed by atoms with van der Waals surface area (Å²) in [6.07, 6.45) is 2.32. The molecular formula is C22H29N3O4S. The molecule has 1 atom stereocenters. The zero-order chi connectivity index (χ0) is 21.5. The molecule has 0 spiro atoms. The number of hydrogen-bond donors (Lipinski definition) is 1. The van der Waals surface area contributed by atoms with Crippen molar-refractivity contribution in [3.05, 3.63) is 40.5 Å². The molecule has 4 rings (SSSR count). The Kier molecular flexibility index (Phi) is 5.72. The molecule has 1 N–H and O–H groups in total. The molecule has 2 saturated heterocycles. The van der Waals surface area contributed by atoms with E-state index in [9.17, 15) is 13.2 Å². The Morgan fingerprint density at radius 2 is 1.87 bits per heavy atom. The van der Waals surface area contributed by atoms with Crippen molar-refractivity contribution in [1.82, 2.24) is 10.2 Å². The van der Waals surface area contributed by atoms with Gasteiger partial charge < -0.3 is 15.0 Å². The van der Waals surface area contributed by atoms with Gasteiger partial charge in [-0.1, -0.05) is 18.2 Å². The van der Waals surface area contributed by atoms with Gasteiger partial charge in [-0.3, -0.25) is 4.79 Å². The monoisotopic (exact) mass is 431 g/mol. The summed E-state index contributed by atoms with van der Waals surface area (Å²) in [4.78, 5) is 14.7. The number of likely N-dealkylation sites (tertiary alicyclic amines) is 1. The number of nitrogens with zero attached hydrogens (tertiary/aromatic N) is 2. The number of aryl methyl sites for hydroxylation is 2. The lowest BCUT2D eigenvalue weighted by Gasteiger charge is -2.34. The Balaban J connectivity index is 1.46. The van der Waals surface area contributed by atoms with Gasteiger partial charge in [-0.25, -0.2) is 0 Å². The predicted molar refractivity (Wildman–Crippen MR) is 117 cm³/mol. The van der Waals surface area contributed by atoms with Crippen molar-refractivity contribution in [2.24, 2.45) is 10.3 Å². The quantitative estimate of drug-likeness (QED) is 0.794. The SMILES string of the molecule is CC1=C(c2ccc(C)c(C)c2)S(=O)(=O)N=C1N1CCC(NC(=O)C2CCOC2)CC1. The van der Waals surface area contributed by atoms with Gasteiger partial charge in [-0.2, -0.15) is 8.42 Å². The summed E-state index contributed by atoms with van der Waals surface area (Å²) in [7, 11) is -3.72. The molecule has 0 saturated carbocycles. The Morgan fingerprint density at radius 3 is 2.50 bits per heavy atom. The number of nitrogens with one attached hydrogen (secondary N) is 1. The van der Waals surface area contributed by atoms with E-state index < -0.39 is 10.0 Å². The summed E-state index contributed by atoms with van der Waals surface area (Å²) in [6, 6.07) is 5.82. The average molecular weight is 432 g/mol. The highest BCUT2D eigenvalue weighted by Crippen LogP contribution is 2.35. The molecule has 0 aromatic heterocycles. The maximum Gasteiger partial charge on any atom is 0.285 e. The van der Waals surface area contributed by atoms with E-state index in [1.54, 1.807) is 0 Å². The molecule has 1 unspecified atom stereocenters. The van der Waals surface area contributed by atoms with Gasteiger partial charge in [0.1, 0.15) is 10.7 Å². The lowest BCUT2D eigenvalue weighted by atomic mass is 10.0.